The van der Waals surface area contributed by atoms with E-state index in [1.165, 1.54) is 11.1 Å². The van der Waals surface area contributed by atoms with Gasteiger partial charge in [0.1, 0.15) is 11.4 Å². The van der Waals surface area contributed by atoms with Gasteiger partial charge in [-0.15, -0.1) is 5.10 Å². The zero-order valence-corrected chi connectivity index (χ0v) is 15.8. The van der Waals surface area contributed by atoms with Crippen LogP contribution in [0.3, 0.4) is 0 Å². The van der Waals surface area contributed by atoms with E-state index in [0.717, 1.165) is 23.2 Å². The normalized spacial score (nSPS) is 10.9. The van der Waals surface area contributed by atoms with Gasteiger partial charge < -0.3 is 10.4 Å². The van der Waals surface area contributed by atoms with Crippen molar-refractivity contribution < 1.29 is 5.11 Å². The van der Waals surface area contributed by atoms with Gasteiger partial charge in [-0.1, -0.05) is 30.4 Å². The van der Waals surface area contributed by atoms with E-state index in [9.17, 15) is 5.11 Å². The second-order valence-electron chi connectivity index (χ2n) is 6.93. The topological polar surface area (TPSA) is 75.3 Å². The van der Waals surface area contributed by atoms with Gasteiger partial charge >= 0.3 is 0 Å². The molecule has 0 unspecified atom stereocenters. The van der Waals surface area contributed by atoms with Crippen LogP contribution in [-0.4, -0.2) is 24.7 Å². The number of aromatic nitrogens is 4. The molecule has 0 aliphatic heterocycles. The maximum Gasteiger partial charge on any atom is 0.247 e. The van der Waals surface area contributed by atoms with E-state index in [4.69, 9.17) is 0 Å². The molecule has 2 aromatic carbocycles. The smallest absolute Gasteiger partial charge is 0.247 e. The predicted octanol–water partition coefficient (Wildman–Crippen LogP) is 4.67. The largest absolute Gasteiger partial charge is 0.508 e. The molecule has 0 atom stereocenters. The lowest BCUT2D eigenvalue weighted by Crippen LogP contribution is -1.97. The van der Waals surface area contributed by atoms with Crippen molar-refractivity contribution in [2.75, 3.05) is 5.32 Å². The molecule has 6 nitrogen and oxygen atoms in total. The number of anilines is 2. The summed E-state index contributed by atoms with van der Waals surface area (Å²) in [6.45, 7) is 8.13. The second kappa shape index (κ2) is 7.15. The average molecular weight is 371 g/mol. The van der Waals surface area contributed by atoms with Crippen molar-refractivity contribution >= 4 is 17.3 Å². The van der Waals surface area contributed by atoms with Crippen molar-refractivity contribution in [2.45, 2.75) is 20.3 Å². The first-order valence-electron chi connectivity index (χ1n) is 9.01. The lowest BCUT2D eigenvalue weighted by molar-refractivity contribution is 0.475. The molecule has 0 fully saturated rings. The third-order valence-electron chi connectivity index (χ3n) is 4.47. The fourth-order valence-corrected chi connectivity index (χ4v) is 3.12. The molecular formula is C22H21N5O. The highest BCUT2D eigenvalue weighted by Crippen LogP contribution is 2.26. The minimum atomic E-state index is 0.184. The van der Waals surface area contributed by atoms with Crippen molar-refractivity contribution in [3.8, 4) is 17.0 Å². The number of fused-ring (bicyclic) bond motifs is 1. The summed E-state index contributed by atoms with van der Waals surface area (Å²) in [5.74, 6) is 0.670. The van der Waals surface area contributed by atoms with E-state index < -0.39 is 0 Å². The quantitative estimate of drug-likeness (QED) is 0.499. The van der Waals surface area contributed by atoms with Crippen LogP contribution >= 0.6 is 0 Å². The molecule has 4 aromatic rings. The summed E-state index contributed by atoms with van der Waals surface area (Å²) < 4.78 is 1.68. The van der Waals surface area contributed by atoms with Crippen LogP contribution in [0.15, 0.2) is 67.0 Å². The number of nitrogens with one attached hydrogen (secondary N) is 1. The molecule has 2 aromatic heterocycles. The molecule has 4 rings (SSSR count). The number of hydrogen-bond acceptors (Lipinski definition) is 5. The van der Waals surface area contributed by atoms with Gasteiger partial charge in [0.05, 0.1) is 0 Å². The van der Waals surface area contributed by atoms with Crippen molar-refractivity contribution in [2.24, 2.45) is 0 Å². The number of aromatic hydroxyl groups is 1. The molecule has 2 N–H and O–H groups in total. The first-order valence-corrected chi connectivity index (χ1v) is 9.01. The molecule has 28 heavy (non-hydrogen) atoms. The van der Waals surface area contributed by atoms with Crippen LogP contribution < -0.4 is 5.32 Å². The Bertz CT molecular complexity index is 1180. The highest BCUT2D eigenvalue weighted by molar-refractivity contribution is 5.75. The van der Waals surface area contributed by atoms with Crippen LogP contribution in [0.2, 0.25) is 0 Å². The molecule has 6 heteroatoms. The van der Waals surface area contributed by atoms with E-state index in [1.54, 1.807) is 35.1 Å². The Morgan fingerprint density at radius 2 is 2.07 bits per heavy atom. The van der Waals surface area contributed by atoms with E-state index in [-0.39, 0.29) is 5.75 Å². The predicted molar refractivity (Wildman–Crippen MR) is 111 cm³/mol. The maximum atomic E-state index is 9.77. The molecule has 0 bridgehead atoms. The zero-order chi connectivity index (χ0) is 19.7. The Morgan fingerprint density at radius 1 is 1.21 bits per heavy atom. The fourth-order valence-electron chi connectivity index (χ4n) is 3.12. The van der Waals surface area contributed by atoms with Crippen LogP contribution in [0.4, 0.5) is 11.6 Å². The van der Waals surface area contributed by atoms with Crippen molar-refractivity contribution in [1.29, 1.82) is 0 Å². The minimum absolute atomic E-state index is 0.184. The van der Waals surface area contributed by atoms with Gasteiger partial charge in [0.25, 0.3) is 0 Å². The summed E-state index contributed by atoms with van der Waals surface area (Å²) in [5, 5.41) is 17.5. The summed E-state index contributed by atoms with van der Waals surface area (Å²) in [6, 6.07) is 13.1. The van der Waals surface area contributed by atoms with E-state index >= 15 is 0 Å². The standard InChI is InChI=1S/C22H21N5O/c1-14(2)11-17-12-18(8-7-15(17)3)24-22-25-21-20(23-9-10-27(21)26-22)16-5-4-6-19(28)13-16/h4-10,12-13,28H,1,11H2,2-3H3,(H,24,26). The summed E-state index contributed by atoms with van der Waals surface area (Å²) in [5.41, 5.74) is 6.55. The summed E-state index contributed by atoms with van der Waals surface area (Å²) in [7, 11) is 0. The Hall–Kier alpha value is -3.67. The van der Waals surface area contributed by atoms with Gasteiger partial charge in [-0.2, -0.15) is 4.98 Å². The molecular weight excluding hydrogens is 350 g/mol. The Balaban J connectivity index is 1.70. The zero-order valence-electron chi connectivity index (χ0n) is 15.8. The number of benzene rings is 2. The van der Waals surface area contributed by atoms with Gasteiger partial charge in [0.15, 0.2) is 5.65 Å². The number of aryl methyl sites for hydroxylation is 1. The average Bonchev–Trinajstić information content (AvgIpc) is 3.06. The maximum absolute atomic E-state index is 9.77. The molecule has 0 amide bonds. The number of rotatable bonds is 5. The molecule has 0 saturated carbocycles. The SMILES string of the molecule is C=C(C)Cc1cc(Nc2nc3c(-c4cccc(O)c4)nccn3n2)ccc1C. The molecule has 0 saturated heterocycles. The minimum Gasteiger partial charge on any atom is -0.508 e. The highest BCUT2D eigenvalue weighted by atomic mass is 16.3. The Labute approximate surface area is 163 Å². The summed E-state index contributed by atoms with van der Waals surface area (Å²) >= 11 is 0. The van der Waals surface area contributed by atoms with Crippen molar-refractivity contribution in [1.82, 2.24) is 19.6 Å². The summed E-state index contributed by atoms with van der Waals surface area (Å²) in [4.78, 5) is 9.03. The van der Waals surface area contributed by atoms with E-state index in [2.05, 4.69) is 46.0 Å². The van der Waals surface area contributed by atoms with Crippen LogP contribution in [0.5, 0.6) is 5.75 Å². The Morgan fingerprint density at radius 3 is 2.86 bits per heavy atom. The second-order valence-corrected chi connectivity index (χ2v) is 6.93. The number of hydrogen-bond donors (Lipinski definition) is 2. The van der Waals surface area contributed by atoms with Gasteiger partial charge in [0, 0.05) is 23.6 Å². The lowest BCUT2D eigenvalue weighted by atomic mass is 10.0. The van der Waals surface area contributed by atoms with Crippen molar-refractivity contribution in [3.05, 3.63) is 78.1 Å². The molecule has 2 heterocycles. The van der Waals surface area contributed by atoms with Crippen LogP contribution in [0, 0.1) is 6.92 Å². The molecule has 140 valence electrons. The Kier molecular flexibility index (Phi) is 4.53. The molecule has 0 radical (unpaired) electrons. The van der Waals surface area contributed by atoms with Gasteiger partial charge in [0.2, 0.25) is 5.95 Å². The number of nitrogens with zero attached hydrogens (tertiary/aromatic N) is 4. The van der Waals surface area contributed by atoms with Crippen LogP contribution in [0.1, 0.15) is 18.1 Å². The molecule has 0 spiro atoms. The first kappa shape index (κ1) is 17.7. The van der Waals surface area contributed by atoms with Crippen LogP contribution in [-0.2, 0) is 6.42 Å². The van der Waals surface area contributed by atoms with Crippen LogP contribution in [0.25, 0.3) is 16.9 Å². The lowest BCUT2D eigenvalue weighted by Gasteiger charge is -2.09. The third-order valence-corrected chi connectivity index (χ3v) is 4.47. The molecule has 0 aliphatic rings. The van der Waals surface area contributed by atoms with Gasteiger partial charge in [-0.25, -0.2) is 4.52 Å². The van der Waals surface area contributed by atoms with E-state index in [0.29, 0.717) is 17.3 Å². The number of allylic oxidation sites excluding steroid dienone is 1. The first-order chi connectivity index (χ1) is 13.5. The molecule has 0 aliphatic carbocycles. The van der Waals surface area contributed by atoms with E-state index in [1.807, 2.05) is 19.1 Å². The fraction of sp³-hybridized carbons (Fsp3) is 0.136. The third kappa shape index (κ3) is 3.57. The number of phenols is 1. The highest BCUT2D eigenvalue weighted by Gasteiger charge is 2.12. The monoisotopic (exact) mass is 371 g/mol. The summed E-state index contributed by atoms with van der Waals surface area (Å²) in [6.07, 6.45) is 4.26. The number of phenolic OH excluding ortho intramolecular Hbond substituents is 1. The van der Waals surface area contributed by atoms with Gasteiger partial charge in [-0.05, 0) is 55.7 Å². The van der Waals surface area contributed by atoms with Crippen molar-refractivity contribution in [3.63, 3.8) is 0 Å². The van der Waals surface area contributed by atoms with Gasteiger partial charge in [-0.3, -0.25) is 4.98 Å².